The molecule has 174 valence electrons. The molecule has 1 aliphatic rings. The summed E-state index contributed by atoms with van der Waals surface area (Å²) in [5.74, 6) is -0.429. The first kappa shape index (κ1) is 24.2. The molecule has 0 radical (unpaired) electrons. The average molecular weight is 461 g/mol. The lowest BCUT2D eigenvalue weighted by molar-refractivity contribution is -0.133. The van der Waals surface area contributed by atoms with Gasteiger partial charge in [-0.05, 0) is 42.5 Å². The van der Waals surface area contributed by atoms with E-state index in [-0.39, 0.29) is 18.6 Å². The predicted octanol–water partition coefficient (Wildman–Crippen LogP) is 3.32. The van der Waals surface area contributed by atoms with E-state index in [9.17, 15) is 18.4 Å². The normalized spacial score (nSPS) is 16.4. The lowest BCUT2D eigenvalue weighted by Crippen LogP contribution is -2.57. The van der Waals surface area contributed by atoms with Crippen LogP contribution in [0, 0.1) is 0 Å². The van der Waals surface area contributed by atoms with E-state index in [0.717, 1.165) is 18.4 Å². The Kier molecular flexibility index (Phi) is 8.28. The Balaban J connectivity index is 1.70. The Labute approximate surface area is 190 Å². The quantitative estimate of drug-likeness (QED) is 0.321. The number of benzene rings is 2. The van der Waals surface area contributed by atoms with E-state index >= 15 is 0 Å². The van der Waals surface area contributed by atoms with Crippen LogP contribution in [-0.4, -0.2) is 48.9 Å². The van der Waals surface area contributed by atoms with Gasteiger partial charge < -0.3 is 4.74 Å². The van der Waals surface area contributed by atoms with Crippen LogP contribution in [0.5, 0.6) is 5.75 Å². The number of hydrogen-bond donors (Lipinski definition) is 2. The molecule has 0 atom stereocenters. The maximum absolute atomic E-state index is 13.4. The van der Waals surface area contributed by atoms with Crippen LogP contribution in [0.4, 0.5) is 0 Å². The summed E-state index contributed by atoms with van der Waals surface area (Å²) in [4.78, 5) is 14.7. The van der Waals surface area contributed by atoms with Gasteiger partial charge in [0.05, 0.1) is 12.4 Å². The summed E-state index contributed by atoms with van der Waals surface area (Å²) < 4.78 is 30.8. The zero-order chi connectivity index (χ0) is 23.0. The van der Waals surface area contributed by atoms with Crippen molar-refractivity contribution in [3.63, 3.8) is 0 Å². The Morgan fingerprint density at radius 2 is 1.72 bits per heavy atom. The smallest absolute Gasteiger partial charge is 0.264 e. The van der Waals surface area contributed by atoms with Crippen LogP contribution in [0.2, 0.25) is 0 Å². The molecule has 0 aromatic heterocycles. The first-order valence-electron chi connectivity index (χ1n) is 11.0. The number of carbonyl (C=O) groups excluding carboxylic acids is 1. The Hall–Kier alpha value is -2.42. The summed E-state index contributed by atoms with van der Waals surface area (Å²) in [7, 11) is -3.88. The van der Waals surface area contributed by atoms with Crippen molar-refractivity contribution in [2.45, 2.75) is 49.7 Å². The number of unbranched alkanes of at least 4 members (excludes halogenated alkanes) is 1. The van der Waals surface area contributed by atoms with E-state index in [4.69, 9.17) is 4.74 Å². The van der Waals surface area contributed by atoms with Crippen molar-refractivity contribution >= 4 is 15.7 Å². The van der Waals surface area contributed by atoms with Gasteiger partial charge in [0.15, 0.2) is 14.6 Å². The molecule has 1 aliphatic heterocycles. The maximum Gasteiger partial charge on any atom is 0.264 e. The van der Waals surface area contributed by atoms with Gasteiger partial charge in [0.2, 0.25) is 0 Å². The maximum atomic E-state index is 13.4. The second kappa shape index (κ2) is 10.9. The molecule has 1 saturated heterocycles. The molecule has 0 unspecified atom stereocenters. The lowest BCUT2D eigenvalue weighted by Gasteiger charge is -2.39. The number of sulfone groups is 1. The highest BCUT2D eigenvalue weighted by molar-refractivity contribution is 7.92. The number of rotatable bonds is 10. The first-order valence-corrected chi connectivity index (χ1v) is 12.7. The number of amides is 1. The van der Waals surface area contributed by atoms with Crippen LogP contribution in [0.25, 0.3) is 0 Å². The Bertz CT molecular complexity index is 969. The number of nitrogens with zero attached hydrogens (tertiary/aromatic N) is 1. The van der Waals surface area contributed by atoms with Crippen molar-refractivity contribution in [2.24, 2.45) is 0 Å². The lowest BCUT2D eigenvalue weighted by atomic mass is 9.94. The van der Waals surface area contributed by atoms with E-state index in [0.29, 0.717) is 37.6 Å². The molecular formula is C24H32N2O5S. The number of piperidine rings is 1. The summed E-state index contributed by atoms with van der Waals surface area (Å²) in [6.45, 7) is 4.30. The third kappa shape index (κ3) is 5.68. The molecule has 0 saturated carbocycles. The molecule has 1 heterocycles. The van der Waals surface area contributed by atoms with E-state index < -0.39 is 20.5 Å². The Morgan fingerprint density at radius 1 is 1.06 bits per heavy atom. The SMILES string of the molecule is CCCCOc1ccc(CS(=O)(=O)C2(C(=O)NO)CCN(Cc3ccccc3)CC2)cc1. The van der Waals surface area contributed by atoms with Crippen LogP contribution < -0.4 is 10.2 Å². The molecule has 7 nitrogen and oxygen atoms in total. The zero-order valence-corrected chi connectivity index (χ0v) is 19.3. The van der Waals surface area contributed by atoms with Gasteiger partial charge >= 0.3 is 0 Å². The van der Waals surface area contributed by atoms with Gasteiger partial charge in [-0.2, -0.15) is 0 Å². The van der Waals surface area contributed by atoms with Crippen LogP contribution in [0.1, 0.15) is 43.7 Å². The van der Waals surface area contributed by atoms with Crippen molar-refractivity contribution in [3.05, 3.63) is 65.7 Å². The number of ether oxygens (including phenoxy) is 1. The fourth-order valence-electron chi connectivity index (χ4n) is 4.07. The second-order valence-electron chi connectivity index (χ2n) is 8.30. The van der Waals surface area contributed by atoms with E-state index in [1.807, 2.05) is 30.3 Å². The summed E-state index contributed by atoms with van der Waals surface area (Å²) in [6, 6.07) is 16.9. The molecule has 0 bridgehead atoms. The summed E-state index contributed by atoms with van der Waals surface area (Å²) in [5.41, 5.74) is 3.34. The van der Waals surface area contributed by atoms with Crippen molar-refractivity contribution in [2.75, 3.05) is 19.7 Å². The van der Waals surface area contributed by atoms with Crippen LogP contribution in [-0.2, 0) is 26.9 Å². The molecule has 2 aromatic rings. The topological polar surface area (TPSA) is 95.9 Å². The molecule has 0 aliphatic carbocycles. The first-order chi connectivity index (χ1) is 15.4. The van der Waals surface area contributed by atoms with E-state index in [2.05, 4.69) is 11.8 Å². The van der Waals surface area contributed by atoms with Gasteiger partial charge in [-0.15, -0.1) is 0 Å². The predicted molar refractivity (Wildman–Crippen MR) is 123 cm³/mol. The van der Waals surface area contributed by atoms with Gasteiger partial charge in [0.25, 0.3) is 5.91 Å². The van der Waals surface area contributed by atoms with Gasteiger partial charge in [-0.3, -0.25) is 14.9 Å². The van der Waals surface area contributed by atoms with Gasteiger partial charge in [0.1, 0.15) is 5.75 Å². The van der Waals surface area contributed by atoms with Crippen molar-refractivity contribution < 1.29 is 23.2 Å². The third-order valence-corrected chi connectivity index (χ3v) is 8.57. The molecule has 1 amide bonds. The van der Waals surface area contributed by atoms with Crippen molar-refractivity contribution in [1.82, 2.24) is 10.4 Å². The number of likely N-dealkylation sites (tertiary alicyclic amines) is 1. The van der Waals surface area contributed by atoms with E-state index in [1.54, 1.807) is 29.7 Å². The van der Waals surface area contributed by atoms with Gasteiger partial charge in [-0.25, -0.2) is 13.9 Å². The fraction of sp³-hybridized carbons (Fsp3) is 0.458. The van der Waals surface area contributed by atoms with Crippen LogP contribution in [0.15, 0.2) is 54.6 Å². The molecule has 8 heteroatoms. The summed E-state index contributed by atoms with van der Waals surface area (Å²) >= 11 is 0. The standard InChI is InChI=1S/C24H32N2O5S/c1-2-3-17-31-22-11-9-21(10-12-22)19-32(29,30)24(23(27)25-28)13-15-26(16-14-24)18-20-7-5-4-6-8-20/h4-12,28H,2-3,13-19H2,1H3,(H,25,27). The molecule has 1 fully saturated rings. The zero-order valence-electron chi connectivity index (χ0n) is 18.5. The minimum Gasteiger partial charge on any atom is -0.494 e. The minimum atomic E-state index is -3.88. The largest absolute Gasteiger partial charge is 0.494 e. The van der Waals surface area contributed by atoms with Crippen LogP contribution in [0.3, 0.4) is 0 Å². The highest BCUT2D eigenvalue weighted by Gasteiger charge is 2.51. The molecule has 0 spiro atoms. The second-order valence-corrected chi connectivity index (χ2v) is 10.6. The van der Waals surface area contributed by atoms with Crippen molar-refractivity contribution in [3.8, 4) is 5.75 Å². The molecule has 32 heavy (non-hydrogen) atoms. The molecular weight excluding hydrogens is 428 g/mol. The minimum absolute atomic E-state index is 0.132. The van der Waals surface area contributed by atoms with Gasteiger partial charge in [0, 0.05) is 19.6 Å². The number of hydrogen-bond acceptors (Lipinski definition) is 6. The number of nitrogens with one attached hydrogen (secondary N) is 1. The van der Waals surface area contributed by atoms with Crippen LogP contribution >= 0.6 is 0 Å². The third-order valence-electron chi connectivity index (χ3n) is 6.07. The summed E-state index contributed by atoms with van der Waals surface area (Å²) in [6.07, 6.45) is 2.25. The molecule has 2 N–H and O–H groups in total. The fourth-order valence-corrected chi connectivity index (χ4v) is 6.11. The average Bonchev–Trinajstić information content (AvgIpc) is 2.81. The highest BCUT2D eigenvalue weighted by Crippen LogP contribution is 2.34. The Morgan fingerprint density at radius 3 is 2.31 bits per heavy atom. The monoisotopic (exact) mass is 460 g/mol. The number of carbonyl (C=O) groups is 1. The molecule has 3 rings (SSSR count). The van der Waals surface area contributed by atoms with E-state index in [1.165, 1.54) is 0 Å². The summed E-state index contributed by atoms with van der Waals surface area (Å²) in [5, 5.41) is 9.33. The highest BCUT2D eigenvalue weighted by atomic mass is 32.2. The number of hydroxylamine groups is 1. The molecule has 2 aromatic carbocycles. The van der Waals surface area contributed by atoms with Gasteiger partial charge in [-0.1, -0.05) is 55.8 Å². The van der Waals surface area contributed by atoms with Crippen molar-refractivity contribution in [1.29, 1.82) is 0 Å².